The van der Waals surface area contributed by atoms with Crippen molar-refractivity contribution >= 4 is 21.8 Å². The number of methoxy groups -OCH3 is 1. The number of carbonyl (C=O) groups excluding carboxylic acids is 1. The first-order valence-electron chi connectivity index (χ1n) is 8.64. The number of aromatic nitrogens is 2. The third-order valence-corrected chi connectivity index (χ3v) is 5.34. The maximum atomic E-state index is 13.0. The van der Waals surface area contributed by atoms with Gasteiger partial charge in [0.15, 0.2) is 0 Å². The Bertz CT molecular complexity index is 933. The molecule has 0 bridgehead atoms. The van der Waals surface area contributed by atoms with Crippen LogP contribution < -0.4 is 4.74 Å². The van der Waals surface area contributed by atoms with Gasteiger partial charge in [0.1, 0.15) is 5.75 Å². The fraction of sp³-hybridized carbons (Fsp3) is 0.238. The first-order chi connectivity index (χ1) is 12.9. The van der Waals surface area contributed by atoms with Crippen molar-refractivity contribution in [3.8, 4) is 11.4 Å². The standard InChI is InChI=1S/C21H22BrN3O2/c1-14(16-5-11-19(27-4)12-6-16)24(3)21(26)20-13-23-25(15(20)2)18-9-7-17(22)8-10-18/h5-14H,1-4H3/t14-/m0/s1. The molecule has 3 aromatic rings. The summed E-state index contributed by atoms with van der Waals surface area (Å²) in [6, 6.07) is 15.5. The predicted molar refractivity (Wildman–Crippen MR) is 110 cm³/mol. The Morgan fingerprint density at radius 2 is 1.78 bits per heavy atom. The van der Waals surface area contributed by atoms with Crippen LogP contribution in [0.5, 0.6) is 5.75 Å². The zero-order valence-corrected chi connectivity index (χ0v) is 17.4. The summed E-state index contributed by atoms with van der Waals surface area (Å²) in [5.74, 6) is 0.741. The normalized spacial score (nSPS) is 11.9. The van der Waals surface area contributed by atoms with Crippen molar-refractivity contribution in [3.05, 3.63) is 76.0 Å². The van der Waals surface area contributed by atoms with Crippen molar-refractivity contribution < 1.29 is 9.53 Å². The molecule has 0 radical (unpaired) electrons. The van der Waals surface area contributed by atoms with Gasteiger partial charge in [0, 0.05) is 11.5 Å². The molecular weight excluding hydrogens is 406 g/mol. The zero-order chi connectivity index (χ0) is 19.6. The molecule has 0 aliphatic heterocycles. The molecule has 27 heavy (non-hydrogen) atoms. The smallest absolute Gasteiger partial charge is 0.257 e. The second-order valence-corrected chi connectivity index (χ2v) is 7.31. The van der Waals surface area contributed by atoms with Gasteiger partial charge >= 0.3 is 0 Å². The van der Waals surface area contributed by atoms with Gasteiger partial charge in [-0.25, -0.2) is 4.68 Å². The number of halogens is 1. The number of hydrogen-bond acceptors (Lipinski definition) is 3. The molecule has 6 heteroatoms. The minimum atomic E-state index is -0.0705. The van der Waals surface area contributed by atoms with E-state index in [-0.39, 0.29) is 11.9 Å². The van der Waals surface area contributed by atoms with Crippen LogP contribution in [0.25, 0.3) is 5.69 Å². The van der Waals surface area contributed by atoms with Gasteiger partial charge in [-0.2, -0.15) is 5.10 Å². The van der Waals surface area contributed by atoms with E-state index in [1.165, 1.54) is 0 Å². The van der Waals surface area contributed by atoms with E-state index in [9.17, 15) is 4.79 Å². The van der Waals surface area contributed by atoms with E-state index in [0.717, 1.165) is 27.2 Å². The Morgan fingerprint density at radius 1 is 1.15 bits per heavy atom. The second kappa shape index (κ2) is 7.96. The van der Waals surface area contributed by atoms with Crippen LogP contribution in [0.2, 0.25) is 0 Å². The molecule has 1 aromatic heterocycles. The van der Waals surface area contributed by atoms with Crippen molar-refractivity contribution in [2.45, 2.75) is 19.9 Å². The van der Waals surface area contributed by atoms with Gasteiger partial charge in [-0.1, -0.05) is 28.1 Å². The summed E-state index contributed by atoms with van der Waals surface area (Å²) in [6.07, 6.45) is 1.64. The molecule has 1 heterocycles. The Hall–Kier alpha value is -2.60. The van der Waals surface area contributed by atoms with Gasteiger partial charge in [-0.05, 0) is 55.8 Å². The summed E-state index contributed by atoms with van der Waals surface area (Å²) in [5, 5.41) is 4.41. The van der Waals surface area contributed by atoms with Crippen LogP contribution in [0.4, 0.5) is 0 Å². The molecule has 5 nitrogen and oxygen atoms in total. The number of rotatable bonds is 5. The Balaban J connectivity index is 1.83. The maximum Gasteiger partial charge on any atom is 0.257 e. The molecule has 0 aliphatic rings. The van der Waals surface area contributed by atoms with E-state index in [1.54, 1.807) is 22.9 Å². The van der Waals surface area contributed by atoms with E-state index in [1.807, 2.05) is 69.4 Å². The summed E-state index contributed by atoms with van der Waals surface area (Å²) < 4.78 is 7.98. The first kappa shape index (κ1) is 19.2. The zero-order valence-electron chi connectivity index (χ0n) is 15.8. The number of hydrogen-bond donors (Lipinski definition) is 0. The summed E-state index contributed by atoms with van der Waals surface area (Å²) in [5.41, 5.74) is 3.38. The molecule has 0 aliphatic carbocycles. The molecule has 0 unspecified atom stereocenters. The van der Waals surface area contributed by atoms with Gasteiger partial charge < -0.3 is 9.64 Å². The number of amides is 1. The molecule has 3 rings (SSSR count). The van der Waals surface area contributed by atoms with E-state index >= 15 is 0 Å². The van der Waals surface area contributed by atoms with Gasteiger partial charge in [0.25, 0.3) is 5.91 Å². The molecule has 0 spiro atoms. The lowest BCUT2D eigenvalue weighted by molar-refractivity contribution is 0.0742. The molecule has 1 atom stereocenters. The molecule has 0 fully saturated rings. The van der Waals surface area contributed by atoms with E-state index in [4.69, 9.17) is 4.74 Å². The average molecular weight is 428 g/mol. The number of benzene rings is 2. The minimum Gasteiger partial charge on any atom is -0.497 e. The number of ether oxygens (including phenoxy) is 1. The third-order valence-electron chi connectivity index (χ3n) is 4.81. The molecule has 0 saturated heterocycles. The van der Waals surface area contributed by atoms with Crippen LogP contribution in [0.15, 0.2) is 59.2 Å². The summed E-state index contributed by atoms with van der Waals surface area (Å²) in [6.45, 7) is 3.92. The number of nitrogens with zero attached hydrogens (tertiary/aromatic N) is 3. The topological polar surface area (TPSA) is 47.4 Å². The lowest BCUT2D eigenvalue weighted by Gasteiger charge is -2.25. The van der Waals surface area contributed by atoms with Crippen molar-refractivity contribution in [1.29, 1.82) is 0 Å². The van der Waals surface area contributed by atoms with Crippen LogP contribution in [0.3, 0.4) is 0 Å². The first-order valence-corrected chi connectivity index (χ1v) is 9.43. The van der Waals surface area contributed by atoms with Crippen molar-refractivity contribution in [1.82, 2.24) is 14.7 Å². The lowest BCUT2D eigenvalue weighted by Crippen LogP contribution is -2.30. The van der Waals surface area contributed by atoms with E-state index in [2.05, 4.69) is 21.0 Å². The minimum absolute atomic E-state index is 0.0563. The largest absolute Gasteiger partial charge is 0.497 e. The van der Waals surface area contributed by atoms with Crippen LogP contribution >= 0.6 is 15.9 Å². The highest BCUT2D eigenvalue weighted by Gasteiger charge is 2.23. The highest BCUT2D eigenvalue weighted by molar-refractivity contribution is 9.10. The highest BCUT2D eigenvalue weighted by atomic mass is 79.9. The van der Waals surface area contributed by atoms with Crippen LogP contribution in [-0.2, 0) is 0 Å². The van der Waals surface area contributed by atoms with Gasteiger partial charge in [-0.15, -0.1) is 0 Å². The van der Waals surface area contributed by atoms with E-state index < -0.39 is 0 Å². The van der Waals surface area contributed by atoms with Crippen LogP contribution in [0, 0.1) is 6.92 Å². The Kier molecular flexibility index (Phi) is 5.65. The molecule has 140 valence electrons. The lowest BCUT2D eigenvalue weighted by atomic mass is 10.1. The summed E-state index contributed by atoms with van der Waals surface area (Å²) in [7, 11) is 3.45. The monoisotopic (exact) mass is 427 g/mol. The average Bonchev–Trinajstić information content (AvgIpc) is 3.08. The molecule has 1 amide bonds. The predicted octanol–water partition coefficient (Wildman–Crippen LogP) is 4.79. The second-order valence-electron chi connectivity index (χ2n) is 6.40. The SMILES string of the molecule is COc1ccc([C@H](C)N(C)C(=O)c2cnn(-c3ccc(Br)cc3)c2C)cc1. The highest BCUT2D eigenvalue weighted by Crippen LogP contribution is 2.24. The quantitative estimate of drug-likeness (QED) is 0.588. The van der Waals surface area contributed by atoms with Gasteiger partial charge in [0.05, 0.1) is 36.3 Å². The summed E-state index contributed by atoms with van der Waals surface area (Å²) in [4.78, 5) is 14.8. The Morgan fingerprint density at radius 3 is 2.37 bits per heavy atom. The van der Waals surface area contributed by atoms with Crippen molar-refractivity contribution in [3.63, 3.8) is 0 Å². The van der Waals surface area contributed by atoms with E-state index in [0.29, 0.717) is 5.56 Å². The number of carbonyl (C=O) groups is 1. The fourth-order valence-electron chi connectivity index (χ4n) is 2.93. The maximum absolute atomic E-state index is 13.0. The molecule has 0 N–H and O–H groups in total. The molecule has 0 saturated carbocycles. The molecular formula is C21H22BrN3O2. The van der Waals surface area contributed by atoms with Gasteiger partial charge in [-0.3, -0.25) is 4.79 Å². The molecule has 2 aromatic carbocycles. The van der Waals surface area contributed by atoms with Crippen molar-refractivity contribution in [2.75, 3.05) is 14.2 Å². The Labute approximate surface area is 167 Å². The third kappa shape index (κ3) is 3.90. The van der Waals surface area contributed by atoms with Gasteiger partial charge in [0.2, 0.25) is 0 Å². The summed E-state index contributed by atoms with van der Waals surface area (Å²) >= 11 is 3.43. The van der Waals surface area contributed by atoms with Crippen molar-refractivity contribution in [2.24, 2.45) is 0 Å². The van der Waals surface area contributed by atoms with Crippen LogP contribution in [-0.4, -0.2) is 34.7 Å². The van der Waals surface area contributed by atoms with Crippen LogP contribution in [0.1, 0.15) is 34.6 Å². The fourth-order valence-corrected chi connectivity index (χ4v) is 3.20.